The van der Waals surface area contributed by atoms with Crippen LogP contribution in [-0.2, 0) is 0 Å². The van der Waals surface area contributed by atoms with Crippen molar-refractivity contribution in [1.82, 2.24) is 4.57 Å². The average Bonchev–Trinajstić information content (AvgIpc) is 2.72. The van der Waals surface area contributed by atoms with E-state index in [1.165, 1.54) is 41.2 Å². The van der Waals surface area contributed by atoms with Gasteiger partial charge in [-0.2, -0.15) is 0 Å². The minimum atomic E-state index is 1.28. The van der Waals surface area contributed by atoms with Crippen LogP contribution in [-0.4, -0.2) is 4.57 Å². The third-order valence-electron chi connectivity index (χ3n) is 3.33. The van der Waals surface area contributed by atoms with E-state index in [1.54, 1.807) is 0 Å². The van der Waals surface area contributed by atoms with E-state index < -0.39 is 0 Å². The smallest absolute Gasteiger partial charge is 0.0578 e. The molecule has 2 aromatic carbocycles. The third-order valence-corrected chi connectivity index (χ3v) is 4.33. The van der Waals surface area contributed by atoms with Crippen LogP contribution in [0.2, 0.25) is 0 Å². The van der Waals surface area contributed by atoms with Gasteiger partial charge < -0.3 is 4.57 Å². The lowest BCUT2D eigenvalue weighted by Crippen LogP contribution is -1.99. The Morgan fingerprint density at radius 1 is 0.944 bits per heavy atom. The van der Waals surface area contributed by atoms with Crippen LogP contribution >= 0.6 is 8.19 Å². The molecule has 0 bridgehead atoms. The number of aryl methyl sites for hydroxylation is 3. The van der Waals surface area contributed by atoms with Crippen molar-refractivity contribution in [3.8, 4) is 5.69 Å². The highest BCUT2D eigenvalue weighted by Crippen LogP contribution is 2.31. The minimum absolute atomic E-state index is 1.28. The maximum Gasteiger partial charge on any atom is 0.0578 e. The topological polar surface area (TPSA) is 4.93 Å². The first-order valence-electron chi connectivity index (χ1n) is 6.17. The second-order valence-corrected chi connectivity index (χ2v) is 5.82. The van der Waals surface area contributed by atoms with Gasteiger partial charge in [-0.25, -0.2) is 0 Å². The molecule has 1 aromatic heterocycles. The maximum atomic E-state index is 2.33. The summed E-state index contributed by atoms with van der Waals surface area (Å²) < 4.78 is 2.33. The molecular formula is C16H16NP. The van der Waals surface area contributed by atoms with Crippen molar-refractivity contribution in [3.05, 3.63) is 59.0 Å². The Morgan fingerprint density at radius 3 is 2.33 bits per heavy atom. The predicted molar refractivity (Wildman–Crippen MR) is 80.0 cm³/mol. The molecule has 2 heteroatoms. The zero-order chi connectivity index (χ0) is 12.7. The fourth-order valence-electron chi connectivity index (χ4n) is 2.69. The molecule has 1 heterocycles. The van der Waals surface area contributed by atoms with E-state index in [0.29, 0.717) is 0 Å². The Balaban J connectivity index is 2.33. The number of nitrogens with zero attached hydrogens (tertiary/aromatic N) is 1. The van der Waals surface area contributed by atoms with Crippen LogP contribution in [0.4, 0.5) is 0 Å². The molecule has 0 aliphatic rings. The third kappa shape index (κ3) is 1.76. The molecule has 3 aromatic rings. The first-order valence-corrected chi connectivity index (χ1v) is 7.13. The SMILES string of the molecule is Cc1cc(C)c(-n2cpc3ccccc32)c(C)c1. The molecule has 0 radical (unpaired) electrons. The van der Waals surface area contributed by atoms with E-state index in [0.717, 1.165) is 0 Å². The van der Waals surface area contributed by atoms with E-state index >= 15 is 0 Å². The summed E-state index contributed by atoms with van der Waals surface area (Å²) in [5.74, 6) is 2.26. The van der Waals surface area contributed by atoms with Crippen LogP contribution in [0.5, 0.6) is 0 Å². The van der Waals surface area contributed by atoms with E-state index in [4.69, 9.17) is 0 Å². The van der Waals surface area contributed by atoms with E-state index in [2.05, 4.69) is 67.7 Å². The summed E-state index contributed by atoms with van der Waals surface area (Å²) in [6.07, 6.45) is 0. The molecule has 0 fully saturated rings. The van der Waals surface area contributed by atoms with Gasteiger partial charge in [0.25, 0.3) is 0 Å². The number of fused-ring (bicyclic) bond motifs is 1. The highest BCUT2D eigenvalue weighted by molar-refractivity contribution is 7.36. The number of hydrogen-bond donors (Lipinski definition) is 0. The van der Waals surface area contributed by atoms with Crippen molar-refractivity contribution in [2.75, 3.05) is 0 Å². The first-order chi connectivity index (χ1) is 8.66. The minimum Gasteiger partial charge on any atom is -0.311 e. The van der Waals surface area contributed by atoms with Crippen LogP contribution in [0.15, 0.2) is 42.3 Å². The fraction of sp³-hybridized carbons (Fsp3) is 0.188. The lowest BCUT2D eigenvalue weighted by atomic mass is 10.0. The molecule has 0 aliphatic heterocycles. The van der Waals surface area contributed by atoms with Gasteiger partial charge in [0, 0.05) is 11.0 Å². The summed E-state index contributed by atoms with van der Waals surface area (Å²) in [6, 6.07) is 13.1. The maximum absolute atomic E-state index is 2.33. The number of benzene rings is 2. The van der Waals surface area contributed by atoms with Gasteiger partial charge in [0.1, 0.15) is 0 Å². The fourth-order valence-corrected chi connectivity index (χ4v) is 3.66. The quantitative estimate of drug-likeness (QED) is 0.566. The summed E-state index contributed by atoms with van der Waals surface area (Å²) in [4.78, 5) is 0. The molecule has 1 nitrogen and oxygen atoms in total. The highest BCUT2D eigenvalue weighted by Gasteiger charge is 2.08. The molecule has 0 spiro atoms. The van der Waals surface area contributed by atoms with Gasteiger partial charge in [-0.15, -0.1) is 0 Å². The normalized spacial score (nSPS) is 11.5. The number of hydrogen-bond acceptors (Lipinski definition) is 0. The predicted octanol–water partition coefficient (Wildman–Crippen LogP) is 5.14. The molecule has 0 atom stereocenters. The van der Waals surface area contributed by atoms with Gasteiger partial charge in [-0.1, -0.05) is 29.8 Å². The standard InChI is InChI=1S/C16H16NP/c1-11-8-12(2)16(13(3)9-11)17-10-18-15-7-5-4-6-14(15)17/h4-10H,1-3H3. The van der Waals surface area contributed by atoms with Gasteiger partial charge in [-0.3, -0.25) is 0 Å². The lowest BCUT2D eigenvalue weighted by molar-refractivity contribution is 1.08. The summed E-state index contributed by atoms with van der Waals surface area (Å²) in [6.45, 7) is 6.55. The molecule has 0 N–H and O–H groups in total. The average molecular weight is 253 g/mol. The van der Waals surface area contributed by atoms with Crippen molar-refractivity contribution in [2.45, 2.75) is 20.8 Å². The van der Waals surface area contributed by atoms with Crippen molar-refractivity contribution in [3.63, 3.8) is 0 Å². The molecule has 3 rings (SSSR count). The molecule has 0 aliphatic carbocycles. The summed E-state index contributed by atoms with van der Waals surface area (Å²) >= 11 is 0. The summed E-state index contributed by atoms with van der Waals surface area (Å²) in [7, 11) is 1.28. The number of rotatable bonds is 1. The zero-order valence-corrected chi connectivity index (χ0v) is 11.8. The second kappa shape index (κ2) is 4.26. The van der Waals surface area contributed by atoms with Crippen molar-refractivity contribution >= 4 is 18.8 Å². The van der Waals surface area contributed by atoms with Crippen LogP contribution in [0, 0.1) is 20.8 Å². The van der Waals surface area contributed by atoms with Gasteiger partial charge >= 0.3 is 0 Å². The Morgan fingerprint density at radius 2 is 1.61 bits per heavy atom. The molecule has 0 saturated heterocycles. The van der Waals surface area contributed by atoms with Crippen LogP contribution < -0.4 is 0 Å². The van der Waals surface area contributed by atoms with Gasteiger partial charge in [0.05, 0.1) is 11.2 Å². The largest absolute Gasteiger partial charge is 0.311 e. The summed E-state index contributed by atoms with van der Waals surface area (Å²) in [5, 5.41) is 1.39. The second-order valence-electron chi connectivity index (χ2n) is 4.85. The van der Waals surface area contributed by atoms with E-state index in [9.17, 15) is 0 Å². The molecule has 90 valence electrons. The van der Waals surface area contributed by atoms with Crippen LogP contribution in [0.3, 0.4) is 0 Å². The van der Waals surface area contributed by atoms with Crippen molar-refractivity contribution < 1.29 is 0 Å². The number of para-hydroxylation sites is 1. The Hall–Kier alpha value is -1.59. The van der Waals surface area contributed by atoms with Crippen molar-refractivity contribution in [2.24, 2.45) is 0 Å². The zero-order valence-electron chi connectivity index (χ0n) is 10.9. The van der Waals surface area contributed by atoms with Crippen LogP contribution in [0.25, 0.3) is 16.3 Å². The number of aromatic nitrogens is 1. The molecule has 0 unspecified atom stereocenters. The summed E-state index contributed by atoms with van der Waals surface area (Å²) in [5.41, 5.74) is 6.66. The van der Waals surface area contributed by atoms with Crippen LogP contribution in [0.1, 0.15) is 16.7 Å². The van der Waals surface area contributed by atoms with E-state index in [1.807, 2.05) is 0 Å². The Labute approximate surface area is 109 Å². The highest BCUT2D eigenvalue weighted by atomic mass is 31.0. The van der Waals surface area contributed by atoms with Gasteiger partial charge in [0.2, 0.25) is 0 Å². The lowest BCUT2D eigenvalue weighted by Gasteiger charge is -2.13. The monoisotopic (exact) mass is 253 g/mol. The first kappa shape index (κ1) is 11.5. The Bertz CT molecular complexity index is 702. The van der Waals surface area contributed by atoms with E-state index in [-0.39, 0.29) is 0 Å². The van der Waals surface area contributed by atoms with Gasteiger partial charge in [-0.05, 0) is 52.2 Å². The molecule has 0 saturated carbocycles. The molecule has 0 amide bonds. The van der Waals surface area contributed by atoms with Gasteiger partial charge in [0.15, 0.2) is 0 Å². The Kier molecular flexibility index (Phi) is 2.72. The van der Waals surface area contributed by atoms with Crippen molar-refractivity contribution in [1.29, 1.82) is 0 Å². The molecule has 18 heavy (non-hydrogen) atoms. The molecular weight excluding hydrogens is 237 g/mol.